The normalized spacial score (nSPS) is 12.0. The molecule has 0 fully saturated rings. The highest BCUT2D eigenvalue weighted by Gasteiger charge is 2.19. The van der Waals surface area contributed by atoms with Crippen LogP contribution in [0.4, 0.5) is 4.39 Å². The third-order valence-corrected chi connectivity index (χ3v) is 4.98. The predicted molar refractivity (Wildman–Crippen MR) is 110 cm³/mol. The molecule has 0 saturated carbocycles. The van der Waals surface area contributed by atoms with Gasteiger partial charge in [0.05, 0.1) is 5.52 Å². The second-order valence-corrected chi connectivity index (χ2v) is 6.94. The van der Waals surface area contributed by atoms with E-state index < -0.39 is 0 Å². The van der Waals surface area contributed by atoms with Crippen LogP contribution in [0.1, 0.15) is 34.0 Å². The smallest absolute Gasteiger partial charge is 0.163 e. The molecule has 0 radical (unpaired) electrons. The Labute approximate surface area is 163 Å². The second-order valence-electron chi connectivity index (χ2n) is 6.94. The number of rotatable bonds is 6. The summed E-state index contributed by atoms with van der Waals surface area (Å²) in [7, 11) is 0. The highest BCUT2D eigenvalue weighted by atomic mass is 19.1. The minimum atomic E-state index is -0.337. The minimum absolute atomic E-state index is 0.00687. The van der Waals surface area contributed by atoms with Gasteiger partial charge in [0, 0.05) is 23.1 Å². The van der Waals surface area contributed by atoms with Gasteiger partial charge in [0.1, 0.15) is 5.82 Å². The molecule has 0 aliphatic heterocycles. The van der Waals surface area contributed by atoms with Crippen LogP contribution in [-0.4, -0.2) is 10.8 Å². The summed E-state index contributed by atoms with van der Waals surface area (Å²) in [5.74, 6) is -0.321. The zero-order valence-electron chi connectivity index (χ0n) is 15.4. The van der Waals surface area contributed by atoms with E-state index in [1.54, 1.807) is 12.1 Å². The number of halogens is 1. The molecular weight excluding hydrogens is 349 g/mol. The maximum absolute atomic E-state index is 13.2. The average Bonchev–Trinajstić information content (AvgIpc) is 2.74. The Morgan fingerprint density at radius 3 is 2.32 bits per heavy atom. The Kier molecular flexibility index (Phi) is 5.24. The first-order valence-electron chi connectivity index (χ1n) is 9.37. The Hall–Kier alpha value is -3.33. The summed E-state index contributed by atoms with van der Waals surface area (Å²) in [6, 6.07) is 27.9. The van der Waals surface area contributed by atoms with Gasteiger partial charge in [-0.3, -0.25) is 9.78 Å². The van der Waals surface area contributed by atoms with Crippen molar-refractivity contribution in [3.8, 4) is 0 Å². The van der Waals surface area contributed by atoms with Crippen molar-refractivity contribution in [2.45, 2.75) is 18.8 Å². The number of nitrogens with zero attached hydrogens (tertiary/aromatic N) is 1. The number of aromatic nitrogens is 1. The van der Waals surface area contributed by atoms with Gasteiger partial charge < -0.3 is 0 Å². The van der Waals surface area contributed by atoms with Crippen LogP contribution in [0.2, 0.25) is 0 Å². The fourth-order valence-corrected chi connectivity index (χ4v) is 3.48. The standard InChI is InChI=1S/C25H20FNO/c26-22-13-10-20(11-14-22)25(28)17-21(18-6-2-1-3-7-18)16-23-15-12-19-8-4-5-9-24(19)27-23/h1-15,21H,16-17H2. The molecule has 1 unspecified atom stereocenters. The second kappa shape index (κ2) is 8.13. The van der Waals surface area contributed by atoms with E-state index >= 15 is 0 Å². The molecule has 1 heterocycles. The van der Waals surface area contributed by atoms with Crippen molar-refractivity contribution in [3.63, 3.8) is 0 Å². The van der Waals surface area contributed by atoms with Crippen LogP contribution in [0, 0.1) is 5.82 Å². The maximum Gasteiger partial charge on any atom is 0.163 e. The molecule has 0 aliphatic carbocycles. The molecule has 1 aromatic heterocycles. The topological polar surface area (TPSA) is 30.0 Å². The number of carbonyl (C=O) groups is 1. The van der Waals surface area contributed by atoms with Crippen molar-refractivity contribution in [3.05, 3.63) is 114 Å². The molecular formula is C25H20FNO. The molecule has 0 N–H and O–H groups in total. The summed E-state index contributed by atoms with van der Waals surface area (Å²) >= 11 is 0. The largest absolute Gasteiger partial charge is 0.294 e. The number of Topliss-reactive ketones (excluding diaryl/α,β-unsaturated/α-hetero) is 1. The van der Waals surface area contributed by atoms with Gasteiger partial charge in [0.15, 0.2) is 5.78 Å². The number of pyridine rings is 1. The Balaban J connectivity index is 1.61. The fraction of sp³-hybridized carbons (Fsp3) is 0.120. The fourth-order valence-electron chi connectivity index (χ4n) is 3.48. The molecule has 4 aromatic rings. The zero-order valence-corrected chi connectivity index (χ0v) is 15.4. The van der Waals surface area contributed by atoms with Crippen LogP contribution in [0.3, 0.4) is 0 Å². The number of benzene rings is 3. The number of hydrogen-bond acceptors (Lipinski definition) is 2. The lowest BCUT2D eigenvalue weighted by atomic mass is 9.87. The molecule has 1 atom stereocenters. The van der Waals surface area contributed by atoms with E-state index in [2.05, 4.69) is 6.07 Å². The average molecular weight is 369 g/mol. The van der Waals surface area contributed by atoms with Gasteiger partial charge in [0.2, 0.25) is 0 Å². The minimum Gasteiger partial charge on any atom is -0.294 e. The third-order valence-electron chi connectivity index (χ3n) is 4.98. The van der Waals surface area contributed by atoms with Gasteiger partial charge >= 0.3 is 0 Å². The molecule has 3 heteroatoms. The highest BCUT2D eigenvalue weighted by molar-refractivity contribution is 5.96. The van der Waals surface area contributed by atoms with Crippen molar-refractivity contribution in [2.75, 3.05) is 0 Å². The first kappa shape index (κ1) is 18.1. The lowest BCUT2D eigenvalue weighted by molar-refractivity contribution is 0.0973. The predicted octanol–water partition coefficient (Wildman–Crippen LogP) is 5.97. The Morgan fingerprint density at radius 2 is 1.54 bits per heavy atom. The van der Waals surface area contributed by atoms with Crippen molar-refractivity contribution in [1.82, 2.24) is 4.98 Å². The van der Waals surface area contributed by atoms with Crippen LogP contribution in [0.25, 0.3) is 10.9 Å². The first-order chi connectivity index (χ1) is 13.7. The van der Waals surface area contributed by atoms with Crippen LogP contribution in [0.15, 0.2) is 91.0 Å². The molecule has 0 aliphatic rings. The monoisotopic (exact) mass is 369 g/mol. The Bertz CT molecular complexity index is 1090. The van der Waals surface area contributed by atoms with Gasteiger partial charge in [-0.25, -0.2) is 4.39 Å². The number of carbonyl (C=O) groups excluding carboxylic acids is 1. The number of para-hydroxylation sites is 1. The number of fused-ring (bicyclic) bond motifs is 1. The van der Waals surface area contributed by atoms with E-state index in [-0.39, 0.29) is 17.5 Å². The lowest BCUT2D eigenvalue weighted by Gasteiger charge is -2.17. The van der Waals surface area contributed by atoms with Gasteiger partial charge in [-0.15, -0.1) is 0 Å². The molecule has 3 aromatic carbocycles. The highest BCUT2D eigenvalue weighted by Crippen LogP contribution is 2.26. The van der Waals surface area contributed by atoms with E-state index in [0.717, 1.165) is 22.2 Å². The van der Waals surface area contributed by atoms with E-state index in [4.69, 9.17) is 4.98 Å². The van der Waals surface area contributed by atoms with Crippen molar-refractivity contribution in [2.24, 2.45) is 0 Å². The number of ketones is 1. The summed E-state index contributed by atoms with van der Waals surface area (Å²) < 4.78 is 13.2. The molecule has 0 bridgehead atoms. The van der Waals surface area contributed by atoms with Gasteiger partial charge in [-0.1, -0.05) is 54.6 Å². The molecule has 28 heavy (non-hydrogen) atoms. The molecule has 0 spiro atoms. The zero-order chi connectivity index (χ0) is 19.3. The maximum atomic E-state index is 13.2. The van der Waals surface area contributed by atoms with Crippen LogP contribution in [-0.2, 0) is 6.42 Å². The summed E-state index contributed by atoms with van der Waals surface area (Å²) in [4.78, 5) is 17.6. The Morgan fingerprint density at radius 1 is 0.821 bits per heavy atom. The molecule has 0 saturated heterocycles. The number of hydrogen-bond donors (Lipinski definition) is 0. The summed E-state index contributed by atoms with van der Waals surface area (Å²) in [5, 5.41) is 1.10. The van der Waals surface area contributed by atoms with Crippen molar-refractivity contribution in [1.29, 1.82) is 0 Å². The molecule has 138 valence electrons. The van der Waals surface area contributed by atoms with E-state index in [1.807, 2.05) is 60.7 Å². The third kappa shape index (κ3) is 4.15. The quantitative estimate of drug-likeness (QED) is 0.392. The van der Waals surface area contributed by atoms with Crippen LogP contribution >= 0.6 is 0 Å². The molecule has 4 rings (SSSR count). The first-order valence-corrected chi connectivity index (χ1v) is 9.37. The SMILES string of the molecule is O=C(CC(Cc1ccc2ccccc2n1)c1ccccc1)c1ccc(F)cc1. The van der Waals surface area contributed by atoms with Crippen molar-refractivity contribution < 1.29 is 9.18 Å². The summed E-state index contributed by atoms with van der Waals surface area (Å²) in [6.45, 7) is 0. The van der Waals surface area contributed by atoms with Crippen molar-refractivity contribution >= 4 is 16.7 Å². The summed E-state index contributed by atoms with van der Waals surface area (Å²) in [6.07, 6.45) is 1.02. The summed E-state index contributed by atoms with van der Waals surface area (Å²) in [5.41, 5.74) is 3.55. The van der Waals surface area contributed by atoms with Gasteiger partial charge in [0.25, 0.3) is 0 Å². The molecule has 0 amide bonds. The van der Waals surface area contributed by atoms with E-state index in [1.165, 1.54) is 12.1 Å². The van der Waals surface area contributed by atoms with E-state index in [0.29, 0.717) is 18.4 Å². The van der Waals surface area contributed by atoms with Crippen LogP contribution in [0.5, 0.6) is 0 Å². The lowest BCUT2D eigenvalue weighted by Crippen LogP contribution is -2.11. The van der Waals surface area contributed by atoms with Gasteiger partial charge in [-0.2, -0.15) is 0 Å². The van der Waals surface area contributed by atoms with Gasteiger partial charge in [-0.05, 0) is 54.3 Å². The molecule has 2 nitrogen and oxygen atoms in total. The van der Waals surface area contributed by atoms with Crippen LogP contribution < -0.4 is 0 Å². The van der Waals surface area contributed by atoms with E-state index in [9.17, 15) is 9.18 Å².